The number of likely N-dealkylation sites (tertiary alicyclic amines) is 1. The Balaban J connectivity index is 0.000000339. The summed E-state index contributed by atoms with van der Waals surface area (Å²) >= 11 is 3.57. The zero-order chi connectivity index (χ0) is 27.3. The highest BCUT2D eigenvalue weighted by Crippen LogP contribution is 2.29. The summed E-state index contributed by atoms with van der Waals surface area (Å²) in [5, 5.41) is 7.93. The van der Waals surface area contributed by atoms with Crippen LogP contribution in [0.15, 0.2) is 76.6 Å². The lowest BCUT2D eigenvalue weighted by Crippen LogP contribution is -2.43. The highest BCUT2D eigenvalue weighted by atomic mass is 79.9. The molecule has 8 nitrogen and oxygen atoms in total. The topological polar surface area (TPSA) is 96.7 Å². The van der Waals surface area contributed by atoms with Crippen LogP contribution in [0.3, 0.4) is 0 Å². The minimum Gasteiger partial charge on any atom is -0.370 e. The first-order chi connectivity index (χ1) is 18.6. The summed E-state index contributed by atoms with van der Waals surface area (Å²) in [4.78, 5) is 15.3. The molecule has 1 aliphatic rings. The van der Waals surface area contributed by atoms with Gasteiger partial charge in [-0.15, -0.1) is 0 Å². The number of fused-ring (bicyclic) bond motifs is 1. The number of anilines is 1. The van der Waals surface area contributed by atoms with Crippen molar-refractivity contribution in [1.29, 1.82) is 0 Å². The van der Waals surface area contributed by atoms with Crippen molar-refractivity contribution in [2.75, 3.05) is 25.5 Å². The number of nitrogens with zero attached hydrogens (tertiary/aromatic N) is 6. The fourth-order valence-corrected chi connectivity index (χ4v) is 4.62. The van der Waals surface area contributed by atoms with E-state index in [9.17, 15) is 0 Å². The number of benzene rings is 1. The van der Waals surface area contributed by atoms with E-state index in [0.717, 1.165) is 59.5 Å². The largest absolute Gasteiger partial charge is 0.370 e. The fraction of sp³-hybridized carbons (Fsp3) is 0.379. The van der Waals surface area contributed by atoms with Crippen LogP contribution >= 0.6 is 15.9 Å². The van der Waals surface area contributed by atoms with Crippen molar-refractivity contribution in [3.63, 3.8) is 0 Å². The second-order valence-corrected chi connectivity index (χ2v) is 9.57. The van der Waals surface area contributed by atoms with Gasteiger partial charge in [-0.05, 0) is 52.4 Å². The Morgan fingerprint density at radius 2 is 1.89 bits per heavy atom. The molecule has 4 heterocycles. The molecule has 1 saturated heterocycles. The zero-order valence-corrected chi connectivity index (χ0v) is 24.4. The first-order valence-electron chi connectivity index (χ1n) is 13.3. The Morgan fingerprint density at radius 1 is 1.13 bits per heavy atom. The molecule has 5 rings (SSSR count). The quantitative estimate of drug-likeness (QED) is 0.226. The van der Waals surface area contributed by atoms with Crippen LogP contribution in [0.1, 0.15) is 56.4 Å². The molecular weight excluding hydrogens is 540 g/mol. The van der Waals surface area contributed by atoms with E-state index in [4.69, 9.17) is 10.7 Å². The van der Waals surface area contributed by atoms with Gasteiger partial charge in [0, 0.05) is 51.1 Å². The third kappa shape index (κ3) is 7.77. The van der Waals surface area contributed by atoms with Gasteiger partial charge >= 0.3 is 0 Å². The SMILES string of the molecule is CC.CCc1ccccc1.CN=C(N)N1CCCC(c2cc(NCc3cccnc3)n3ncc(Br)c3n2)C1. The molecule has 0 radical (unpaired) electrons. The molecule has 1 unspecified atom stereocenters. The number of hydrogen-bond donors (Lipinski definition) is 2. The van der Waals surface area contributed by atoms with Gasteiger partial charge in [0.2, 0.25) is 0 Å². The number of nitrogens with two attached hydrogens (primary N) is 1. The maximum Gasteiger partial charge on any atom is 0.190 e. The molecule has 1 fully saturated rings. The number of hydrogen-bond acceptors (Lipinski definition) is 5. The molecule has 0 aliphatic carbocycles. The normalized spacial score (nSPS) is 15.2. The van der Waals surface area contributed by atoms with Crippen LogP contribution in [0.4, 0.5) is 5.82 Å². The minimum atomic E-state index is 0.291. The lowest BCUT2D eigenvalue weighted by Gasteiger charge is -2.33. The van der Waals surface area contributed by atoms with Crippen molar-refractivity contribution in [2.45, 2.75) is 52.5 Å². The Kier molecular flexibility index (Phi) is 11.5. The summed E-state index contributed by atoms with van der Waals surface area (Å²) in [5.74, 6) is 1.79. The third-order valence-corrected chi connectivity index (χ3v) is 6.85. The second-order valence-electron chi connectivity index (χ2n) is 8.72. The molecule has 0 spiro atoms. The predicted octanol–water partition coefficient (Wildman–Crippen LogP) is 5.90. The van der Waals surface area contributed by atoms with Crippen molar-refractivity contribution < 1.29 is 0 Å². The molecule has 0 amide bonds. The second kappa shape index (κ2) is 15.1. The number of aliphatic imine (C=N–C) groups is 1. The van der Waals surface area contributed by atoms with E-state index in [1.807, 2.05) is 42.8 Å². The van der Waals surface area contributed by atoms with Gasteiger partial charge in [-0.1, -0.05) is 57.2 Å². The summed E-state index contributed by atoms with van der Waals surface area (Å²) in [6.45, 7) is 8.58. The van der Waals surface area contributed by atoms with Crippen LogP contribution in [0.25, 0.3) is 5.65 Å². The number of nitrogens with one attached hydrogen (secondary N) is 1. The van der Waals surface area contributed by atoms with Crippen molar-refractivity contribution in [1.82, 2.24) is 24.5 Å². The number of rotatable bonds is 5. The van der Waals surface area contributed by atoms with Gasteiger partial charge in [-0.3, -0.25) is 9.98 Å². The Labute approximate surface area is 234 Å². The lowest BCUT2D eigenvalue weighted by molar-refractivity contribution is 0.303. The number of aromatic nitrogens is 4. The molecule has 9 heteroatoms. The van der Waals surface area contributed by atoms with Gasteiger partial charge < -0.3 is 16.0 Å². The van der Waals surface area contributed by atoms with E-state index in [1.54, 1.807) is 19.4 Å². The molecule has 0 bridgehead atoms. The van der Waals surface area contributed by atoms with Crippen LogP contribution in [-0.2, 0) is 13.0 Å². The summed E-state index contributed by atoms with van der Waals surface area (Å²) in [5.41, 5.74) is 10.4. The summed E-state index contributed by atoms with van der Waals surface area (Å²) < 4.78 is 2.70. The molecule has 0 saturated carbocycles. The van der Waals surface area contributed by atoms with E-state index in [-0.39, 0.29) is 0 Å². The number of aryl methyl sites for hydroxylation is 1. The molecule has 38 heavy (non-hydrogen) atoms. The number of pyridine rings is 1. The Bertz CT molecular complexity index is 1270. The Hall–Kier alpha value is -3.46. The molecule has 3 N–H and O–H groups in total. The molecular formula is C29H39BrN8. The molecule has 4 aromatic rings. The maximum atomic E-state index is 6.04. The molecule has 1 aromatic carbocycles. The van der Waals surface area contributed by atoms with E-state index in [1.165, 1.54) is 5.56 Å². The number of guanidine groups is 1. The van der Waals surface area contributed by atoms with Gasteiger partial charge in [0.1, 0.15) is 5.82 Å². The number of piperidine rings is 1. The standard InChI is InChI=1S/C19H23BrN8.C8H10.C2H6/c1-22-19(21)27-7-3-5-14(12-27)16-8-17(24-10-13-4-2-6-23-9-13)28-18(26-16)15(20)11-25-28;1-2-8-6-4-3-5-7-8;1-2/h2,4,6,8-9,11,14,24H,3,5,7,10,12H2,1H3,(H2,21,22);3-7H,2H2,1H3;1-2H3. The zero-order valence-electron chi connectivity index (χ0n) is 22.8. The van der Waals surface area contributed by atoms with E-state index < -0.39 is 0 Å². The first-order valence-corrected chi connectivity index (χ1v) is 14.1. The predicted molar refractivity (Wildman–Crippen MR) is 161 cm³/mol. The molecule has 202 valence electrons. The van der Waals surface area contributed by atoms with Gasteiger partial charge in [-0.2, -0.15) is 9.61 Å². The Morgan fingerprint density at radius 3 is 2.55 bits per heavy atom. The van der Waals surface area contributed by atoms with Crippen LogP contribution in [0.5, 0.6) is 0 Å². The first kappa shape index (κ1) is 29.1. The average Bonchev–Trinajstić information content (AvgIpc) is 3.38. The lowest BCUT2D eigenvalue weighted by atomic mass is 9.94. The van der Waals surface area contributed by atoms with Crippen LogP contribution in [0, 0.1) is 0 Å². The smallest absolute Gasteiger partial charge is 0.190 e. The van der Waals surface area contributed by atoms with E-state index in [0.29, 0.717) is 18.4 Å². The minimum absolute atomic E-state index is 0.291. The van der Waals surface area contributed by atoms with Crippen molar-refractivity contribution in [3.05, 3.63) is 88.4 Å². The fourth-order valence-electron chi connectivity index (χ4n) is 4.27. The summed E-state index contributed by atoms with van der Waals surface area (Å²) in [6, 6.07) is 16.5. The summed E-state index contributed by atoms with van der Waals surface area (Å²) in [7, 11) is 1.73. The van der Waals surface area contributed by atoms with Gasteiger partial charge in [0.15, 0.2) is 11.6 Å². The highest BCUT2D eigenvalue weighted by molar-refractivity contribution is 9.10. The van der Waals surface area contributed by atoms with Crippen molar-refractivity contribution in [2.24, 2.45) is 10.7 Å². The van der Waals surface area contributed by atoms with Crippen LogP contribution in [0.2, 0.25) is 0 Å². The molecule has 1 atom stereocenters. The van der Waals surface area contributed by atoms with Crippen LogP contribution in [-0.4, -0.2) is 50.6 Å². The monoisotopic (exact) mass is 578 g/mol. The molecule has 1 aliphatic heterocycles. The average molecular weight is 580 g/mol. The third-order valence-electron chi connectivity index (χ3n) is 6.29. The van der Waals surface area contributed by atoms with Gasteiger partial charge in [-0.25, -0.2) is 4.98 Å². The maximum absolute atomic E-state index is 6.04. The van der Waals surface area contributed by atoms with Crippen molar-refractivity contribution >= 4 is 33.4 Å². The van der Waals surface area contributed by atoms with E-state index in [2.05, 4.69) is 78.5 Å². The summed E-state index contributed by atoms with van der Waals surface area (Å²) in [6.07, 6.45) is 8.68. The van der Waals surface area contributed by atoms with Gasteiger partial charge in [0.05, 0.1) is 16.4 Å². The van der Waals surface area contributed by atoms with Gasteiger partial charge in [0.25, 0.3) is 0 Å². The van der Waals surface area contributed by atoms with Crippen LogP contribution < -0.4 is 11.1 Å². The van der Waals surface area contributed by atoms with E-state index >= 15 is 0 Å². The molecule has 3 aromatic heterocycles. The van der Waals surface area contributed by atoms with Crippen molar-refractivity contribution in [3.8, 4) is 0 Å². The highest BCUT2D eigenvalue weighted by Gasteiger charge is 2.25. The number of halogens is 1.